The molecule has 0 fully saturated rings. The van der Waals surface area contributed by atoms with Gasteiger partial charge >= 0.3 is 5.97 Å². The van der Waals surface area contributed by atoms with Crippen LogP contribution in [0, 0.1) is 19.3 Å². The van der Waals surface area contributed by atoms with E-state index >= 15 is 0 Å². The van der Waals surface area contributed by atoms with Crippen molar-refractivity contribution in [1.29, 1.82) is 0 Å². The Labute approximate surface area is 162 Å². The van der Waals surface area contributed by atoms with Crippen molar-refractivity contribution in [3.8, 4) is 17.2 Å². The summed E-state index contributed by atoms with van der Waals surface area (Å²) in [6, 6.07) is 10.5. The van der Waals surface area contributed by atoms with E-state index < -0.39 is 11.4 Å². The lowest BCUT2D eigenvalue weighted by Gasteiger charge is -2.19. The molecule has 0 bridgehead atoms. The normalized spacial score (nSPS) is 11.4. The van der Waals surface area contributed by atoms with Crippen LogP contribution in [0.3, 0.4) is 0 Å². The Morgan fingerprint density at radius 3 is 2.54 bits per heavy atom. The van der Waals surface area contributed by atoms with E-state index in [1.165, 1.54) is 6.26 Å². The van der Waals surface area contributed by atoms with Gasteiger partial charge in [0.05, 0.1) is 10.8 Å². The Bertz CT molecular complexity index is 1090. The molecule has 0 radical (unpaired) electrons. The van der Waals surface area contributed by atoms with Crippen LogP contribution < -0.4 is 14.9 Å². The third-order valence-electron chi connectivity index (χ3n) is 4.44. The summed E-state index contributed by atoms with van der Waals surface area (Å²) in [5.74, 6) is 0.161. The van der Waals surface area contributed by atoms with Gasteiger partial charge in [-0.3, -0.25) is 9.59 Å². The van der Waals surface area contributed by atoms with Crippen molar-refractivity contribution in [2.75, 3.05) is 6.61 Å². The summed E-state index contributed by atoms with van der Waals surface area (Å²) in [7, 11) is 0. The fourth-order valence-corrected chi connectivity index (χ4v) is 2.61. The second kappa shape index (κ2) is 7.38. The van der Waals surface area contributed by atoms with Gasteiger partial charge in [-0.05, 0) is 51.5 Å². The highest BCUT2D eigenvalue weighted by atomic mass is 16.5. The zero-order valence-electron chi connectivity index (χ0n) is 16.2. The Balaban J connectivity index is 1.86. The molecule has 3 rings (SSSR count). The minimum Gasteiger partial charge on any atom is -0.492 e. The molecule has 0 spiro atoms. The first kappa shape index (κ1) is 19.5. The Kier molecular flexibility index (Phi) is 5.14. The molecular weight excluding hydrogens is 360 g/mol. The maximum atomic E-state index is 12.7. The van der Waals surface area contributed by atoms with E-state index in [9.17, 15) is 9.59 Å². The first-order chi connectivity index (χ1) is 13.2. The van der Waals surface area contributed by atoms with Crippen molar-refractivity contribution in [2.24, 2.45) is 5.41 Å². The Morgan fingerprint density at radius 1 is 1.11 bits per heavy atom. The number of aryl methyl sites for hydroxylation is 2. The number of hydrogen-bond donors (Lipinski definition) is 1. The van der Waals surface area contributed by atoms with E-state index in [1.54, 1.807) is 32.0 Å². The van der Waals surface area contributed by atoms with E-state index in [0.717, 1.165) is 11.1 Å². The molecule has 0 aliphatic rings. The molecule has 1 aromatic heterocycles. The predicted molar refractivity (Wildman–Crippen MR) is 105 cm³/mol. The number of benzene rings is 2. The van der Waals surface area contributed by atoms with Gasteiger partial charge in [0.15, 0.2) is 0 Å². The van der Waals surface area contributed by atoms with E-state index in [-0.39, 0.29) is 17.8 Å². The predicted octanol–water partition coefficient (Wildman–Crippen LogP) is 4.69. The molecule has 146 valence electrons. The Morgan fingerprint density at radius 2 is 1.86 bits per heavy atom. The number of ether oxygens (including phenoxy) is 2. The van der Waals surface area contributed by atoms with E-state index in [4.69, 9.17) is 19.0 Å². The first-order valence-electron chi connectivity index (χ1n) is 8.84. The van der Waals surface area contributed by atoms with Gasteiger partial charge in [-0.15, -0.1) is 0 Å². The van der Waals surface area contributed by atoms with Gasteiger partial charge < -0.3 is 19.0 Å². The molecule has 0 saturated heterocycles. The van der Waals surface area contributed by atoms with Crippen LogP contribution in [0.1, 0.15) is 25.0 Å². The molecule has 28 heavy (non-hydrogen) atoms. The van der Waals surface area contributed by atoms with Crippen molar-refractivity contribution in [3.05, 3.63) is 64.0 Å². The first-order valence-corrected chi connectivity index (χ1v) is 8.84. The van der Waals surface area contributed by atoms with Crippen LogP contribution in [0.4, 0.5) is 0 Å². The van der Waals surface area contributed by atoms with Crippen LogP contribution in [0.5, 0.6) is 17.2 Å². The van der Waals surface area contributed by atoms with E-state index in [2.05, 4.69) is 0 Å². The Hall–Kier alpha value is -3.28. The zero-order valence-corrected chi connectivity index (χ0v) is 16.2. The fraction of sp³-hybridized carbons (Fsp3) is 0.273. The van der Waals surface area contributed by atoms with E-state index in [0.29, 0.717) is 22.5 Å². The van der Waals surface area contributed by atoms with E-state index in [1.807, 2.05) is 32.0 Å². The number of aliphatic carboxylic acids is 1. The maximum Gasteiger partial charge on any atom is 0.312 e. The smallest absolute Gasteiger partial charge is 0.312 e. The van der Waals surface area contributed by atoms with Crippen LogP contribution in [0.25, 0.3) is 11.0 Å². The van der Waals surface area contributed by atoms with Crippen molar-refractivity contribution in [2.45, 2.75) is 27.7 Å². The quantitative estimate of drug-likeness (QED) is 0.665. The van der Waals surface area contributed by atoms with Gasteiger partial charge in [0.1, 0.15) is 30.0 Å². The van der Waals surface area contributed by atoms with Crippen LogP contribution >= 0.6 is 0 Å². The number of carbonyl (C=O) groups is 1. The molecule has 0 aliphatic heterocycles. The highest BCUT2D eigenvalue weighted by molar-refractivity contribution is 5.79. The highest BCUT2D eigenvalue weighted by Gasteiger charge is 2.28. The molecule has 0 unspecified atom stereocenters. The number of hydrogen-bond acceptors (Lipinski definition) is 5. The molecule has 0 atom stereocenters. The summed E-state index contributed by atoms with van der Waals surface area (Å²) in [6.45, 7) is 7.04. The van der Waals surface area contributed by atoms with Gasteiger partial charge in [-0.1, -0.05) is 17.7 Å². The summed E-state index contributed by atoms with van der Waals surface area (Å²) < 4.78 is 16.9. The number of fused-ring (bicyclic) bond motifs is 1. The lowest BCUT2D eigenvalue weighted by Crippen LogP contribution is -2.30. The topological polar surface area (TPSA) is 86.0 Å². The number of rotatable bonds is 6. The summed E-state index contributed by atoms with van der Waals surface area (Å²) in [5, 5.41) is 9.51. The SMILES string of the molecule is Cc1ccc(Oc2coc3cc(OCC(C)(C)C(=O)O)ccc3c2=O)c(C)c1. The molecule has 3 aromatic rings. The van der Waals surface area contributed by atoms with Crippen molar-refractivity contribution in [1.82, 2.24) is 0 Å². The van der Waals surface area contributed by atoms with Gasteiger partial charge in [0.25, 0.3) is 0 Å². The van der Waals surface area contributed by atoms with Gasteiger partial charge in [0, 0.05) is 6.07 Å². The minimum absolute atomic E-state index is 0.00797. The fourth-order valence-electron chi connectivity index (χ4n) is 2.61. The lowest BCUT2D eigenvalue weighted by molar-refractivity contribution is -0.148. The van der Waals surface area contributed by atoms with Crippen molar-refractivity contribution >= 4 is 16.9 Å². The van der Waals surface area contributed by atoms with Gasteiger partial charge in [-0.2, -0.15) is 0 Å². The number of carboxylic acid groups (broad SMARTS) is 1. The molecule has 6 heteroatoms. The molecule has 1 heterocycles. The van der Waals surface area contributed by atoms with Crippen LogP contribution in [-0.4, -0.2) is 17.7 Å². The summed E-state index contributed by atoms with van der Waals surface area (Å²) in [4.78, 5) is 23.9. The second-order valence-electron chi connectivity index (χ2n) is 7.44. The summed E-state index contributed by atoms with van der Waals surface area (Å²) in [5.41, 5.74) is 1.04. The van der Waals surface area contributed by atoms with Gasteiger partial charge in [-0.25, -0.2) is 0 Å². The summed E-state index contributed by atoms with van der Waals surface area (Å²) in [6.07, 6.45) is 1.27. The molecule has 0 saturated carbocycles. The number of carboxylic acids is 1. The lowest BCUT2D eigenvalue weighted by atomic mass is 9.95. The van der Waals surface area contributed by atoms with Crippen LogP contribution in [0.2, 0.25) is 0 Å². The largest absolute Gasteiger partial charge is 0.492 e. The molecule has 1 N–H and O–H groups in total. The van der Waals surface area contributed by atoms with Crippen LogP contribution in [0.15, 0.2) is 51.9 Å². The second-order valence-corrected chi connectivity index (χ2v) is 7.44. The summed E-state index contributed by atoms with van der Waals surface area (Å²) >= 11 is 0. The molecule has 6 nitrogen and oxygen atoms in total. The third-order valence-corrected chi connectivity index (χ3v) is 4.44. The minimum atomic E-state index is -1.03. The standard InChI is InChI=1S/C22H22O6/c1-13-5-8-17(14(2)9-13)28-19-11-26-18-10-15(6-7-16(18)20(19)23)27-12-22(3,4)21(24)25/h5-11H,12H2,1-4H3,(H,24,25). The molecule has 0 amide bonds. The van der Waals surface area contributed by atoms with Crippen molar-refractivity contribution in [3.63, 3.8) is 0 Å². The van der Waals surface area contributed by atoms with Crippen molar-refractivity contribution < 1.29 is 23.8 Å². The van der Waals surface area contributed by atoms with Crippen LogP contribution in [-0.2, 0) is 4.79 Å². The third kappa shape index (κ3) is 4.01. The molecule has 2 aromatic carbocycles. The maximum absolute atomic E-state index is 12.7. The van der Waals surface area contributed by atoms with Gasteiger partial charge in [0.2, 0.25) is 11.2 Å². The zero-order chi connectivity index (χ0) is 20.5. The molecule has 0 aliphatic carbocycles. The monoisotopic (exact) mass is 382 g/mol. The average molecular weight is 382 g/mol. The highest BCUT2D eigenvalue weighted by Crippen LogP contribution is 2.27. The average Bonchev–Trinajstić information content (AvgIpc) is 2.64. The molecular formula is C22H22O6.